The summed E-state index contributed by atoms with van der Waals surface area (Å²) in [7, 11) is 1.69. The lowest BCUT2D eigenvalue weighted by atomic mass is 9.92. The summed E-state index contributed by atoms with van der Waals surface area (Å²) in [6, 6.07) is 0.0989. The fraction of sp³-hybridized carbons (Fsp3) is 0.636. The Balaban J connectivity index is 2.29. The SMILES string of the molecule is CO[C@H]1CCCC[C@H]1n1ncc(C(N)=O)c1N. The maximum absolute atomic E-state index is 11.1. The number of primary amides is 1. The molecule has 6 heteroatoms. The number of carbonyl (C=O) groups is 1. The van der Waals surface area contributed by atoms with Crippen molar-refractivity contribution in [1.29, 1.82) is 0 Å². The van der Waals surface area contributed by atoms with Gasteiger partial charge in [-0.25, -0.2) is 4.68 Å². The minimum Gasteiger partial charge on any atom is -0.383 e. The van der Waals surface area contributed by atoms with Crippen LogP contribution < -0.4 is 11.5 Å². The zero-order valence-corrected chi connectivity index (χ0v) is 9.93. The summed E-state index contributed by atoms with van der Waals surface area (Å²) in [5.74, 6) is -0.204. The van der Waals surface area contributed by atoms with Crippen molar-refractivity contribution in [3.63, 3.8) is 0 Å². The minimum absolute atomic E-state index is 0.0989. The zero-order valence-electron chi connectivity index (χ0n) is 9.93. The second-order valence-electron chi connectivity index (χ2n) is 4.38. The first-order chi connectivity index (χ1) is 8.15. The number of hydrogen-bond donors (Lipinski definition) is 2. The number of carbonyl (C=O) groups excluding carboxylic acids is 1. The van der Waals surface area contributed by atoms with Gasteiger partial charge in [-0.3, -0.25) is 4.79 Å². The molecule has 17 heavy (non-hydrogen) atoms. The Morgan fingerprint density at radius 3 is 2.82 bits per heavy atom. The average molecular weight is 238 g/mol. The molecule has 0 spiro atoms. The van der Waals surface area contributed by atoms with Gasteiger partial charge in [0, 0.05) is 7.11 Å². The number of hydrogen-bond acceptors (Lipinski definition) is 4. The van der Waals surface area contributed by atoms with Crippen LogP contribution in [0.25, 0.3) is 0 Å². The molecule has 2 rings (SSSR count). The monoisotopic (exact) mass is 238 g/mol. The first-order valence-electron chi connectivity index (χ1n) is 5.80. The molecule has 1 aliphatic carbocycles. The number of ether oxygens (including phenoxy) is 1. The number of aromatic nitrogens is 2. The normalized spacial score (nSPS) is 24.8. The van der Waals surface area contributed by atoms with Gasteiger partial charge in [0.25, 0.3) is 5.91 Å². The fourth-order valence-corrected chi connectivity index (χ4v) is 2.46. The highest BCUT2D eigenvalue weighted by Gasteiger charge is 2.29. The van der Waals surface area contributed by atoms with Crippen LogP contribution in [0.3, 0.4) is 0 Å². The quantitative estimate of drug-likeness (QED) is 0.809. The van der Waals surface area contributed by atoms with Crippen molar-refractivity contribution in [1.82, 2.24) is 9.78 Å². The molecule has 6 nitrogen and oxygen atoms in total. The molecular weight excluding hydrogens is 220 g/mol. The smallest absolute Gasteiger partial charge is 0.254 e. The number of rotatable bonds is 3. The van der Waals surface area contributed by atoms with Gasteiger partial charge in [0.15, 0.2) is 0 Å². The van der Waals surface area contributed by atoms with Crippen LogP contribution in [0.1, 0.15) is 42.1 Å². The molecule has 0 bridgehead atoms. The van der Waals surface area contributed by atoms with E-state index in [9.17, 15) is 4.79 Å². The molecule has 1 aromatic heterocycles. The predicted octanol–water partition coefficient (Wildman–Crippen LogP) is 0.694. The van der Waals surface area contributed by atoms with Crippen molar-refractivity contribution in [3.05, 3.63) is 11.8 Å². The van der Waals surface area contributed by atoms with E-state index in [1.165, 1.54) is 6.20 Å². The summed E-state index contributed by atoms with van der Waals surface area (Å²) in [4.78, 5) is 11.1. The lowest BCUT2D eigenvalue weighted by Crippen LogP contribution is -2.31. The Hall–Kier alpha value is -1.56. The van der Waals surface area contributed by atoms with Crippen molar-refractivity contribution in [2.45, 2.75) is 37.8 Å². The summed E-state index contributed by atoms with van der Waals surface area (Å²) in [5, 5.41) is 4.17. The Bertz CT molecular complexity index is 416. The minimum atomic E-state index is -0.543. The molecule has 94 valence electrons. The summed E-state index contributed by atoms with van der Waals surface area (Å²) < 4.78 is 7.12. The van der Waals surface area contributed by atoms with Crippen LogP contribution in [0.2, 0.25) is 0 Å². The topological polar surface area (TPSA) is 96.2 Å². The van der Waals surface area contributed by atoms with Crippen molar-refractivity contribution in [2.75, 3.05) is 12.8 Å². The van der Waals surface area contributed by atoms with E-state index in [0.717, 1.165) is 25.7 Å². The van der Waals surface area contributed by atoms with Gasteiger partial charge in [0.05, 0.1) is 18.3 Å². The number of amides is 1. The average Bonchev–Trinajstić information content (AvgIpc) is 2.71. The van der Waals surface area contributed by atoms with Crippen LogP contribution in [0.4, 0.5) is 5.82 Å². The lowest BCUT2D eigenvalue weighted by Gasteiger charge is -2.31. The van der Waals surface area contributed by atoms with E-state index in [4.69, 9.17) is 16.2 Å². The summed E-state index contributed by atoms with van der Waals surface area (Å²) in [5.41, 5.74) is 11.4. The third kappa shape index (κ3) is 2.12. The molecule has 1 aliphatic rings. The molecule has 1 saturated carbocycles. The van der Waals surface area contributed by atoms with Crippen molar-refractivity contribution < 1.29 is 9.53 Å². The highest BCUT2D eigenvalue weighted by molar-refractivity contribution is 5.96. The number of anilines is 1. The maximum atomic E-state index is 11.1. The van der Waals surface area contributed by atoms with Crippen LogP contribution in [0, 0.1) is 0 Å². The zero-order chi connectivity index (χ0) is 12.4. The molecule has 1 aromatic rings. The molecule has 1 heterocycles. The number of nitrogen functional groups attached to an aromatic ring is 1. The predicted molar refractivity (Wildman–Crippen MR) is 63.5 cm³/mol. The lowest BCUT2D eigenvalue weighted by molar-refractivity contribution is 0.0254. The first kappa shape index (κ1) is 11.9. The number of nitrogens with zero attached hydrogens (tertiary/aromatic N) is 2. The Morgan fingerprint density at radius 2 is 2.24 bits per heavy atom. The Morgan fingerprint density at radius 1 is 1.53 bits per heavy atom. The van der Waals surface area contributed by atoms with Gasteiger partial charge in [-0.2, -0.15) is 5.10 Å². The van der Waals surface area contributed by atoms with Gasteiger partial charge >= 0.3 is 0 Å². The molecule has 1 amide bonds. The van der Waals surface area contributed by atoms with E-state index in [0.29, 0.717) is 5.82 Å². The molecule has 4 N–H and O–H groups in total. The summed E-state index contributed by atoms with van der Waals surface area (Å²) >= 11 is 0. The van der Waals surface area contributed by atoms with Crippen LogP contribution in [-0.4, -0.2) is 28.9 Å². The van der Waals surface area contributed by atoms with E-state index in [1.54, 1.807) is 11.8 Å². The molecule has 1 fully saturated rings. The van der Waals surface area contributed by atoms with E-state index < -0.39 is 5.91 Å². The van der Waals surface area contributed by atoms with E-state index >= 15 is 0 Å². The second kappa shape index (κ2) is 4.75. The maximum Gasteiger partial charge on any atom is 0.254 e. The van der Waals surface area contributed by atoms with Crippen molar-refractivity contribution in [3.8, 4) is 0 Å². The van der Waals surface area contributed by atoms with Gasteiger partial charge < -0.3 is 16.2 Å². The molecule has 2 atom stereocenters. The third-order valence-corrected chi connectivity index (χ3v) is 3.38. The highest BCUT2D eigenvalue weighted by atomic mass is 16.5. The largest absolute Gasteiger partial charge is 0.383 e. The van der Waals surface area contributed by atoms with Crippen LogP contribution in [-0.2, 0) is 4.74 Å². The van der Waals surface area contributed by atoms with E-state index in [1.807, 2.05) is 0 Å². The molecular formula is C11H18N4O2. The van der Waals surface area contributed by atoms with Gasteiger partial charge in [0.2, 0.25) is 0 Å². The van der Waals surface area contributed by atoms with Gasteiger partial charge in [-0.1, -0.05) is 12.8 Å². The van der Waals surface area contributed by atoms with Gasteiger partial charge in [0.1, 0.15) is 11.4 Å². The Kier molecular flexibility index (Phi) is 3.33. The number of methoxy groups -OCH3 is 1. The molecule has 0 aliphatic heterocycles. The summed E-state index contributed by atoms with van der Waals surface area (Å²) in [6.45, 7) is 0. The van der Waals surface area contributed by atoms with Crippen molar-refractivity contribution >= 4 is 11.7 Å². The highest BCUT2D eigenvalue weighted by Crippen LogP contribution is 2.32. The molecule has 0 radical (unpaired) electrons. The van der Waals surface area contributed by atoms with E-state index in [2.05, 4.69) is 5.10 Å². The molecule has 0 aromatic carbocycles. The fourth-order valence-electron chi connectivity index (χ4n) is 2.46. The van der Waals surface area contributed by atoms with Crippen LogP contribution in [0.15, 0.2) is 6.20 Å². The van der Waals surface area contributed by atoms with E-state index in [-0.39, 0.29) is 17.7 Å². The first-order valence-corrected chi connectivity index (χ1v) is 5.80. The standard InChI is InChI=1S/C11H18N4O2/c1-17-9-5-3-2-4-8(9)15-10(12)7(6-14-15)11(13)16/h6,8-9H,2-5,12H2,1H3,(H2,13,16)/t8-,9+/m1/s1. The van der Waals surface area contributed by atoms with Gasteiger partial charge in [-0.15, -0.1) is 0 Å². The number of nitrogens with two attached hydrogens (primary N) is 2. The van der Waals surface area contributed by atoms with Crippen molar-refractivity contribution in [2.24, 2.45) is 5.73 Å². The van der Waals surface area contributed by atoms with Gasteiger partial charge in [-0.05, 0) is 12.8 Å². The Labute approximate surface area is 99.9 Å². The second-order valence-corrected chi connectivity index (χ2v) is 4.38. The summed E-state index contributed by atoms with van der Waals surface area (Å²) in [6.07, 6.45) is 5.76. The van der Waals surface area contributed by atoms with Crippen LogP contribution in [0.5, 0.6) is 0 Å². The van der Waals surface area contributed by atoms with Crippen LogP contribution >= 0.6 is 0 Å². The molecule has 0 saturated heterocycles. The third-order valence-electron chi connectivity index (χ3n) is 3.38. The molecule has 0 unspecified atom stereocenters.